The molecule has 23 heavy (non-hydrogen) atoms. The van der Waals surface area contributed by atoms with Crippen molar-refractivity contribution in [3.63, 3.8) is 0 Å². The zero-order valence-electron chi connectivity index (χ0n) is 13.6. The minimum Gasteiger partial charge on any atom is -0.484 e. The van der Waals surface area contributed by atoms with Crippen molar-refractivity contribution in [2.75, 3.05) is 20.2 Å². The molecule has 0 saturated carbocycles. The molecule has 1 unspecified atom stereocenters. The smallest absolute Gasteiger partial charge is 0.416 e. The van der Waals surface area contributed by atoms with E-state index in [1.54, 1.807) is 7.05 Å². The number of rotatable bonds is 7. The SMILES string of the molecule is CC(C)C(N)CCN(C)C(=O)COc1ccc(C(F)(F)F)cc1. The van der Waals surface area contributed by atoms with Gasteiger partial charge in [0.15, 0.2) is 6.61 Å². The number of likely N-dealkylation sites (N-methyl/N-ethyl adjacent to an activating group) is 1. The number of benzene rings is 1. The van der Waals surface area contributed by atoms with Gasteiger partial charge in [0.1, 0.15) is 5.75 Å². The highest BCUT2D eigenvalue weighted by Crippen LogP contribution is 2.30. The summed E-state index contributed by atoms with van der Waals surface area (Å²) in [7, 11) is 1.64. The van der Waals surface area contributed by atoms with E-state index in [4.69, 9.17) is 10.5 Å². The quantitative estimate of drug-likeness (QED) is 0.835. The Kier molecular flexibility index (Phi) is 6.87. The lowest BCUT2D eigenvalue weighted by atomic mass is 10.0. The molecular weight excluding hydrogens is 309 g/mol. The summed E-state index contributed by atoms with van der Waals surface area (Å²) in [6.07, 6.45) is -3.70. The molecule has 0 bridgehead atoms. The number of amides is 1. The molecule has 4 nitrogen and oxygen atoms in total. The lowest BCUT2D eigenvalue weighted by Crippen LogP contribution is -2.36. The van der Waals surface area contributed by atoms with Gasteiger partial charge in [-0.25, -0.2) is 0 Å². The number of carbonyl (C=O) groups is 1. The third-order valence-electron chi connectivity index (χ3n) is 3.62. The Bertz CT molecular complexity index is 501. The van der Waals surface area contributed by atoms with Crippen molar-refractivity contribution in [3.05, 3.63) is 29.8 Å². The van der Waals surface area contributed by atoms with E-state index in [1.807, 2.05) is 13.8 Å². The maximum atomic E-state index is 12.4. The summed E-state index contributed by atoms with van der Waals surface area (Å²) in [5.74, 6) is 0.307. The number of nitrogens with zero attached hydrogens (tertiary/aromatic N) is 1. The van der Waals surface area contributed by atoms with E-state index in [-0.39, 0.29) is 24.3 Å². The Hall–Kier alpha value is -1.76. The Morgan fingerprint density at radius 1 is 1.26 bits per heavy atom. The highest BCUT2D eigenvalue weighted by molar-refractivity contribution is 5.77. The fraction of sp³-hybridized carbons (Fsp3) is 0.562. The van der Waals surface area contributed by atoms with Crippen molar-refractivity contribution >= 4 is 5.91 Å². The topological polar surface area (TPSA) is 55.6 Å². The standard InChI is InChI=1S/C16H23F3N2O2/c1-11(2)14(20)8-9-21(3)15(22)10-23-13-6-4-12(5-7-13)16(17,18)19/h4-7,11,14H,8-10,20H2,1-3H3. The van der Waals surface area contributed by atoms with Crippen molar-refractivity contribution in [2.45, 2.75) is 32.5 Å². The largest absolute Gasteiger partial charge is 0.484 e. The predicted octanol–water partition coefficient (Wildman–Crippen LogP) is 2.92. The zero-order valence-corrected chi connectivity index (χ0v) is 13.6. The molecule has 7 heteroatoms. The Morgan fingerprint density at radius 3 is 2.30 bits per heavy atom. The van der Waals surface area contributed by atoms with Crippen LogP contribution in [0, 0.1) is 5.92 Å². The van der Waals surface area contributed by atoms with E-state index in [1.165, 1.54) is 17.0 Å². The Morgan fingerprint density at radius 2 is 1.83 bits per heavy atom. The third kappa shape index (κ3) is 6.48. The fourth-order valence-corrected chi connectivity index (χ4v) is 1.80. The van der Waals surface area contributed by atoms with E-state index in [9.17, 15) is 18.0 Å². The molecule has 0 fully saturated rings. The second kappa shape index (κ2) is 8.19. The molecule has 0 aliphatic rings. The molecule has 1 aromatic carbocycles. The first-order chi connectivity index (χ1) is 10.6. The number of carbonyl (C=O) groups excluding carboxylic acids is 1. The van der Waals surface area contributed by atoms with Gasteiger partial charge < -0.3 is 15.4 Å². The van der Waals surface area contributed by atoms with E-state index in [0.717, 1.165) is 12.1 Å². The molecular formula is C16H23F3N2O2. The van der Waals surface area contributed by atoms with Gasteiger partial charge in [0.25, 0.3) is 5.91 Å². The molecule has 130 valence electrons. The van der Waals surface area contributed by atoms with Crippen LogP contribution >= 0.6 is 0 Å². The molecule has 0 radical (unpaired) electrons. The molecule has 1 amide bonds. The first-order valence-electron chi connectivity index (χ1n) is 7.41. The molecule has 0 saturated heterocycles. The lowest BCUT2D eigenvalue weighted by molar-refractivity contribution is -0.137. The minimum atomic E-state index is -4.39. The molecule has 1 rings (SSSR count). The van der Waals surface area contributed by atoms with Crippen LogP contribution in [0.5, 0.6) is 5.75 Å². The monoisotopic (exact) mass is 332 g/mol. The van der Waals surface area contributed by atoms with E-state index in [0.29, 0.717) is 18.9 Å². The van der Waals surface area contributed by atoms with Gasteiger partial charge in [-0.2, -0.15) is 13.2 Å². The van der Waals surface area contributed by atoms with Crippen LogP contribution in [0.3, 0.4) is 0 Å². The highest BCUT2D eigenvalue weighted by atomic mass is 19.4. The van der Waals surface area contributed by atoms with Crippen molar-refractivity contribution in [3.8, 4) is 5.75 Å². The summed E-state index contributed by atoms with van der Waals surface area (Å²) in [6, 6.07) is 4.26. The van der Waals surface area contributed by atoms with Crippen molar-refractivity contribution in [1.29, 1.82) is 0 Å². The average molecular weight is 332 g/mol. The third-order valence-corrected chi connectivity index (χ3v) is 3.62. The van der Waals surface area contributed by atoms with Crippen molar-refractivity contribution in [1.82, 2.24) is 4.90 Å². The Labute approximate surface area is 134 Å². The summed E-state index contributed by atoms with van der Waals surface area (Å²) in [6.45, 7) is 4.31. The minimum absolute atomic E-state index is 0.0149. The summed E-state index contributed by atoms with van der Waals surface area (Å²) in [5, 5.41) is 0. The lowest BCUT2D eigenvalue weighted by Gasteiger charge is -2.21. The maximum Gasteiger partial charge on any atom is 0.416 e. The van der Waals surface area contributed by atoms with Crippen molar-refractivity contribution in [2.24, 2.45) is 11.7 Å². The van der Waals surface area contributed by atoms with Gasteiger partial charge in [-0.05, 0) is 36.6 Å². The van der Waals surface area contributed by atoms with Crippen LogP contribution in [0.25, 0.3) is 0 Å². The van der Waals surface area contributed by atoms with Gasteiger partial charge in [-0.3, -0.25) is 4.79 Å². The summed E-state index contributed by atoms with van der Waals surface area (Å²) in [5.41, 5.74) is 5.16. The van der Waals surface area contributed by atoms with Gasteiger partial charge in [-0.15, -0.1) is 0 Å². The van der Waals surface area contributed by atoms with Crippen LogP contribution in [-0.4, -0.2) is 37.0 Å². The average Bonchev–Trinajstić information content (AvgIpc) is 2.49. The summed E-state index contributed by atoms with van der Waals surface area (Å²) in [4.78, 5) is 13.4. The molecule has 1 aromatic rings. The van der Waals surface area contributed by atoms with Crippen LogP contribution < -0.4 is 10.5 Å². The van der Waals surface area contributed by atoms with Crippen LogP contribution in [0.1, 0.15) is 25.8 Å². The molecule has 0 aliphatic heterocycles. The van der Waals surface area contributed by atoms with Gasteiger partial charge in [-0.1, -0.05) is 13.8 Å². The molecule has 0 aliphatic carbocycles. The number of nitrogens with two attached hydrogens (primary N) is 1. The van der Waals surface area contributed by atoms with Gasteiger partial charge in [0.2, 0.25) is 0 Å². The predicted molar refractivity (Wildman–Crippen MR) is 82.0 cm³/mol. The first kappa shape index (κ1) is 19.3. The second-order valence-electron chi connectivity index (χ2n) is 5.82. The number of ether oxygens (including phenoxy) is 1. The van der Waals surface area contributed by atoms with E-state index >= 15 is 0 Å². The summed E-state index contributed by atoms with van der Waals surface area (Å²) < 4.78 is 42.5. The van der Waals surface area contributed by atoms with Gasteiger partial charge >= 0.3 is 6.18 Å². The highest BCUT2D eigenvalue weighted by Gasteiger charge is 2.30. The zero-order chi connectivity index (χ0) is 17.6. The van der Waals surface area contributed by atoms with Gasteiger partial charge in [0.05, 0.1) is 5.56 Å². The maximum absolute atomic E-state index is 12.4. The van der Waals surface area contributed by atoms with Crippen LogP contribution in [-0.2, 0) is 11.0 Å². The number of hydrogen-bond acceptors (Lipinski definition) is 3. The number of alkyl halides is 3. The van der Waals surface area contributed by atoms with Crippen LogP contribution in [0.15, 0.2) is 24.3 Å². The van der Waals surface area contributed by atoms with Gasteiger partial charge in [0, 0.05) is 19.6 Å². The van der Waals surface area contributed by atoms with E-state index in [2.05, 4.69) is 0 Å². The molecule has 0 aromatic heterocycles. The fourth-order valence-electron chi connectivity index (χ4n) is 1.80. The molecule has 0 spiro atoms. The summed E-state index contributed by atoms with van der Waals surface area (Å²) >= 11 is 0. The first-order valence-corrected chi connectivity index (χ1v) is 7.41. The number of halogens is 3. The second-order valence-corrected chi connectivity index (χ2v) is 5.82. The molecule has 1 atom stereocenters. The van der Waals surface area contributed by atoms with E-state index < -0.39 is 11.7 Å². The van der Waals surface area contributed by atoms with Crippen LogP contribution in [0.4, 0.5) is 13.2 Å². The van der Waals surface area contributed by atoms with Crippen LogP contribution in [0.2, 0.25) is 0 Å². The Balaban J connectivity index is 2.43. The molecule has 2 N–H and O–H groups in total. The van der Waals surface area contributed by atoms with Crippen molar-refractivity contribution < 1.29 is 22.7 Å². The normalized spacial score (nSPS) is 13.0. The molecule has 0 heterocycles. The number of hydrogen-bond donors (Lipinski definition) is 1.